The number of carboxylic acids is 1. The molecule has 0 heterocycles. The van der Waals surface area contributed by atoms with Gasteiger partial charge in [-0.2, -0.15) is 5.26 Å². The third kappa shape index (κ3) is 3.35. The lowest BCUT2D eigenvalue weighted by molar-refractivity contribution is -0.135. The number of phenolic OH excluding ortho intramolecular Hbond substituents is 1. The molecule has 0 amide bonds. The molecule has 0 spiro atoms. The number of aliphatic carboxylic acids is 1. The van der Waals surface area contributed by atoms with Gasteiger partial charge in [0.25, 0.3) is 10.0 Å². The third-order valence-electron chi connectivity index (χ3n) is 2.35. The van der Waals surface area contributed by atoms with Gasteiger partial charge in [-0.05, 0) is 31.2 Å². The summed E-state index contributed by atoms with van der Waals surface area (Å²) in [4.78, 5) is 10.8. The average Bonchev–Trinajstić information content (AvgIpc) is 2.35. The highest BCUT2D eigenvalue weighted by Crippen LogP contribution is 2.23. The van der Waals surface area contributed by atoms with Crippen molar-refractivity contribution in [2.24, 2.45) is 0 Å². The lowest BCUT2D eigenvalue weighted by atomic mass is 10.3. The van der Waals surface area contributed by atoms with Crippen molar-refractivity contribution >= 4 is 21.7 Å². The summed E-state index contributed by atoms with van der Waals surface area (Å²) in [7, 11) is -4.10. The van der Waals surface area contributed by atoms with Gasteiger partial charge in [-0.1, -0.05) is 0 Å². The molecule has 0 aliphatic heterocycles. The second-order valence-corrected chi connectivity index (χ2v) is 5.91. The molecule has 1 unspecified atom stereocenters. The van der Waals surface area contributed by atoms with Gasteiger partial charge in [0, 0.05) is 0 Å². The lowest BCUT2D eigenvalue weighted by Gasteiger charge is -2.23. The van der Waals surface area contributed by atoms with Crippen LogP contribution in [-0.2, 0) is 14.8 Å². The highest BCUT2D eigenvalue weighted by Gasteiger charge is 2.30. The van der Waals surface area contributed by atoms with Gasteiger partial charge < -0.3 is 10.2 Å². The Morgan fingerprint density at radius 1 is 1.42 bits per heavy atom. The summed E-state index contributed by atoms with van der Waals surface area (Å²) in [6.07, 6.45) is 0. The van der Waals surface area contributed by atoms with E-state index >= 15 is 0 Å². The third-order valence-corrected chi connectivity index (χ3v) is 4.31. The maximum absolute atomic E-state index is 12.1. The molecule has 0 saturated carbocycles. The fourth-order valence-electron chi connectivity index (χ4n) is 1.33. The molecule has 0 bridgehead atoms. The van der Waals surface area contributed by atoms with Crippen molar-refractivity contribution < 1.29 is 23.4 Å². The molecule has 1 rings (SSSR count). The summed E-state index contributed by atoms with van der Waals surface area (Å²) in [5.74, 6) is -1.42. The number of nitriles is 1. The molecule has 0 aliphatic rings. The first-order valence-electron chi connectivity index (χ1n) is 5.21. The summed E-state index contributed by atoms with van der Waals surface area (Å²) in [5, 5.41) is 25.2. The Labute approximate surface area is 110 Å². The smallest absolute Gasteiger partial charge is 0.324 e. The van der Waals surface area contributed by atoms with Crippen LogP contribution >= 0.6 is 0 Å². The van der Waals surface area contributed by atoms with Crippen molar-refractivity contribution in [1.29, 1.82) is 5.26 Å². The molecule has 1 aromatic carbocycles. The molecule has 1 aromatic rings. The molecule has 8 heteroatoms. The highest BCUT2D eigenvalue weighted by molar-refractivity contribution is 7.93. The number of sulfonamides is 1. The number of hydrogen-bond acceptors (Lipinski definition) is 5. The lowest BCUT2D eigenvalue weighted by Crippen LogP contribution is -2.40. The van der Waals surface area contributed by atoms with Gasteiger partial charge in [0.05, 0.1) is 11.8 Å². The van der Waals surface area contributed by atoms with Gasteiger partial charge in [0.15, 0.2) is 5.25 Å². The second-order valence-electron chi connectivity index (χ2n) is 3.73. The largest absolute Gasteiger partial charge is 0.508 e. The van der Waals surface area contributed by atoms with Gasteiger partial charge in [-0.15, -0.1) is 0 Å². The Balaban J connectivity index is 3.27. The molecule has 0 saturated heterocycles. The van der Waals surface area contributed by atoms with E-state index in [1.165, 1.54) is 31.2 Å². The molecule has 102 valence electrons. The minimum Gasteiger partial charge on any atom is -0.508 e. The minimum atomic E-state index is -4.10. The van der Waals surface area contributed by atoms with Crippen LogP contribution in [0.5, 0.6) is 5.75 Å². The van der Waals surface area contributed by atoms with Crippen LogP contribution in [0.25, 0.3) is 0 Å². The summed E-state index contributed by atoms with van der Waals surface area (Å²) in [6.45, 7) is 0.379. The molecular formula is C11H12N2O5S. The zero-order valence-electron chi connectivity index (χ0n) is 10.0. The van der Waals surface area contributed by atoms with Crippen LogP contribution < -0.4 is 4.31 Å². The Bertz CT molecular complexity index is 603. The summed E-state index contributed by atoms with van der Waals surface area (Å²) < 4.78 is 24.7. The molecule has 7 nitrogen and oxygen atoms in total. The van der Waals surface area contributed by atoms with Crippen molar-refractivity contribution in [3.05, 3.63) is 24.3 Å². The van der Waals surface area contributed by atoms with Crippen LogP contribution in [0.15, 0.2) is 24.3 Å². The number of phenols is 1. The molecule has 0 aromatic heterocycles. The van der Waals surface area contributed by atoms with Crippen molar-refractivity contribution in [3.8, 4) is 11.8 Å². The van der Waals surface area contributed by atoms with Crippen molar-refractivity contribution in [3.63, 3.8) is 0 Å². The van der Waals surface area contributed by atoms with E-state index in [2.05, 4.69) is 0 Å². The van der Waals surface area contributed by atoms with Crippen LogP contribution in [0.4, 0.5) is 5.69 Å². The quantitative estimate of drug-likeness (QED) is 0.813. The number of carboxylic acid groups (broad SMARTS) is 1. The van der Waals surface area contributed by atoms with Crippen LogP contribution in [0, 0.1) is 11.3 Å². The van der Waals surface area contributed by atoms with Gasteiger partial charge in [-0.3, -0.25) is 9.10 Å². The van der Waals surface area contributed by atoms with Crippen molar-refractivity contribution in [2.45, 2.75) is 12.2 Å². The fraction of sp³-hybridized carbons (Fsp3) is 0.273. The SMILES string of the molecule is CC(C#N)S(=O)(=O)N(CC(=O)O)c1ccc(O)cc1. The van der Waals surface area contributed by atoms with E-state index in [1.807, 2.05) is 0 Å². The molecular weight excluding hydrogens is 272 g/mol. The summed E-state index contributed by atoms with van der Waals surface area (Å²) in [5.41, 5.74) is 0.0716. The summed E-state index contributed by atoms with van der Waals surface area (Å²) in [6, 6.07) is 6.56. The first kappa shape index (κ1) is 14.8. The fourth-order valence-corrected chi connectivity index (χ4v) is 2.55. The van der Waals surface area contributed by atoms with Gasteiger partial charge in [-0.25, -0.2) is 8.42 Å². The highest BCUT2D eigenvalue weighted by atomic mass is 32.2. The monoisotopic (exact) mass is 284 g/mol. The number of aromatic hydroxyl groups is 1. The van der Waals surface area contributed by atoms with E-state index in [4.69, 9.17) is 15.5 Å². The molecule has 2 N–H and O–H groups in total. The Hall–Kier alpha value is -2.27. The average molecular weight is 284 g/mol. The van der Waals surface area contributed by atoms with Crippen LogP contribution in [-0.4, -0.2) is 36.4 Å². The topological polar surface area (TPSA) is 119 Å². The predicted octanol–water partition coefficient (Wildman–Crippen LogP) is 0.525. The van der Waals surface area contributed by atoms with Crippen LogP contribution in [0.2, 0.25) is 0 Å². The maximum atomic E-state index is 12.1. The van der Waals surface area contributed by atoms with Gasteiger partial charge in [0.1, 0.15) is 12.3 Å². The predicted molar refractivity (Wildman–Crippen MR) is 67.1 cm³/mol. The molecule has 1 atom stereocenters. The van der Waals surface area contributed by atoms with E-state index in [-0.39, 0.29) is 11.4 Å². The van der Waals surface area contributed by atoms with Gasteiger partial charge in [0.2, 0.25) is 0 Å². The standard InChI is InChI=1S/C11H12N2O5S/c1-8(6-12)19(17,18)13(7-11(15)16)9-2-4-10(14)5-3-9/h2-5,8,14H,7H2,1H3,(H,15,16). The number of benzene rings is 1. The first-order chi connectivity index (χ1) is 8.78. The molecule has 0 fully saturated rings. The number of rotatable bonds is 5. The number of anilines is 1. The second kappa shape index (κ2) is 5.58. The number of carbonyl (C=O) groups is 1. The maximum Gasteiger partial charge on any atom is 0.324 e. The normalized spacial score (nSPS) is 12.4. The first-order valence-corrected chi connectivity index (χ1v) is 6.71. The van der Waals surface area contributed by atoms with Gasteiger partial charge >= 0.3 is 5.97 Å². The zero-order valence-corrected chi connectivity index (χ0v) is 10.8. The summed E-state index contributed by atoms with van der Waals surface area (Å²) >= 11 is 0. The van der Waals surface area contributed by atoms with Crippen LogP contribution in [0.1, 0.15) is 6.92 Å². The van der Waals surface area contributed by atoms with E-state index in [9.17, 15) is 13.2 Å². The van der Waals surface area contributed by atoms with E-state index in [1.54, 1.807) is 6.07 Å². The number of nitrogens with zero attached hydrogens (tertiary/aromatic N) is 2. The van der Waals surface area contributed by atoms with E-state index in [0.717, 1.165) is 0 Å². The zero-order chi connectivity index (χ0) is 14.6. The Morgan fingerprint density at radius 2 is 1.95 bits per heavy atom. The minimum absolute atomic E-state index is 0.0716. The van der Waals surface area contributed by atoms with Crippen LogP contribution in [0.3, 0.4) is 0 Å². The number of hydrogen-bond donors (Lipinski definition) is 2. The van der Waals surface area contributed by atoms with Crippen molar-refractivity contribution in [1.82, 2.24) is 0 Å². The molecule has 0 radical (unpaired) electrons. The Kier molecular flexibility index (Phi) is 4.34. The van der Waals surface area contributed by atoms with E-state index < -0.39 is 27.8 Å². The Morgan fingerprint density at radius 3 is 2.37 bits per heavy atom. The van der Waals surface area contributed by atoms with E-state index in [0.29, 0.717) is 4.31 Å². The molecule has 19 heavy (non-hydrogen) atoms. The van der Waals surface area contributed by atoms with Crippen molar-refractivity contribution in [2.75, 3.05) is 10.8 Å². The molecule has 0 aliphatic carbocycles.